The molecule has 65 heavy (non-hydrogen) atoms. The molecule has 4 rings (SSSR count). The molecule has 13 N–H and O–H groups in total. The van der Waals surface area contributed by atoms with Crippen LogP contribution in [0.5, 0.6) is 0 Å². The Labute approximate surface area is 380 Å². The Morgan fingerprint density at radius 1 is 0.677 bits per heavy atom. The average molecular weight is 917 g/mol. The number of rotatable bonds is 22. The number of likely N-dealkylation sites (tertiary alicyclic amines) is 3. The molecule has 23 nitrogen and oxygen atoms in total. The highest BCUT2D eigenvalue weighted by atomic mass is 16.4. The van der Waals surface area contributed by atoms with Gasteiger partial charge in [0.15, 0.2) is 11.9 Å². The van der Waals surface area contributed by atoms with Crippen LogP contribution < -0.4 is 44.2 Å². The minimum Gasteiger partial charge on any atom is -0.480 e. The predicted molar refractivity (Wildman–Crippen MR) is 240 cm³/mol. The van der Waals surface area contributed by atoms with E-state index in [2.05, 4.69) is 31.3 Å². The second-order valence-corrected chi connectivity index (χ2v) is 17.9. The number of nitrogens with one attached hydrogen (secondary N) is 4. The number of carbonyl (C=O) groups excluding carboxylic acids is 7. The molecule has 4 saturated heterocycles. The van der Waals surface area contributed by atoms with E-state index in [1.165, 1.54) is 14.7 Å². The topological polar surface area (TPSA) is 347 Å². The van der Waals surface area contributed by atoms with E-state index in [4.69, 9.17) is 22.9 Å². The van der Waals surface area contributed by atoms with E-state index in [-0.39, 0.29) is 81.5 Å². The van der Waals surface area contributed by atoms with Gasteiger partial charge >= 0.3 is 5.97 Å². The lowest BCUT2D eigenvalue weighted by atomic mass is 10.0. The molecule has 0 aromatic rings. The summed E-state index contributed by atoms with van der Waals surface area (Å²) in [5, 5.41) is 21.1. The molecule has 4 fully saturated rings. The van der Waals surface area contributed by atoms with E-state index >= 15 is 0 Å². The third-order valence-corrected chi connectivity index (χ3v) is 12.5. The Morgan fingerprint density at radius 3 is 1.72 bits per heavy atom. The highest BCUT2D eigenvalue weighted by molar-refractivity contribution is 5.97. The summed E-state index contributed by atoms with van der Waals surface area (Å²) in [6, 6.07) is -6.86. The van der Waals surface area contributed by atoms with E-state index < -0.39 is 90.3 Å². The molecule has 0 saturated carbocycles. The molecule has 0 bridgehead atoms. The minimum absolute atomic E-state index is 0.00353. The molecule has 0 aliphatic carbocycles. The molecule has 7 atom stereocenters. The summed E-state index contributed by atoms with van der Waals surface area (Å²) < 4.78 is 0. The summed E-state index contributed by atoms with van der Waals surface area (Å²) in [5.41, 5.74) is 21.6. The van der Waals surface area contributed by atoms with Crippen LogP contribution in [0.15, 0.2) is 9.98 Å². The van der Waals surface area contributed by atoms with Gasteiger partial charge in [-0.3, -0.25) is 43.5 Å². The van der Waals surface area contributed by atoms with Gasteiger partial charge in [0.2, 0.25) is 41.4 Å². The van der Waals surface area contributed by atoms with Crippen molar-refractivity contribution in [2.24, 2.45) is 38.8 Å². The lowest BCUT2D eigenvalue weighted by Crippen LogP contribution is -2.60. The van der Waals surface area contributed by atoms with Gasteiger partial charge in [0.05, 0.1) is 6.04 Å². The SMILES string of the molecule is CC(C)[C@H](NC(=O)[C@@H]1CCCN1C(=O)[C@@H]1CCCN1C(=O)[C@@H]1CCCN1)C(=O)N(CC(=O)N1CCC[C@H]1C(=O)N[C@@H](CCCN=C(N)N)C(=O)N[C@@H](CCCN=C(N)N)C(=O)O)C(C)C. The minimum atomic E-state index is -1.31. The molecule has 4 heterocycles. The average Bonchev–Trinajstić information content (AvgIpc) is 4.10. The van der Waals surface area contributed by atoms with Crippen LogP contribution in [-0.2, 0) is 38.4 Å². The van der Waals surface area contributed by atoms with Gasteiger partial charge in [-0.2, -0.15) is 0 Å². The zero-order chi connectivity index (χ0) is 48.0. The van der Waals surface area contributed by atoms with E-state index in [9.17, 15) is 43.5 Å². The van der Waals surface area contributed by atoms with Gasteiger partial charge in [-0.25, -0.2) is 4.79 Å². The Hall–Kier alpha value is -5.74. The number of aliphatic imine (C=N–C) groups is 2. The lowest BCUT2D eigenvalue weighted by molar-refractivity contribution is -0.149. The first-order chi connectivity index (χ1) is 30.8. The number of hydrogen-bond acceptors (Lipinski definition) is 11. The van der Waals surface area contributed by atoms with Gasteiger partial charge in [-0.05, 0) is 103 Å². The molecular weight excluding hydrogens is 845 g/mol. The van der Waals surface area contributed by atoms with Gasteiger partial charge in [0.25, 0.3) is 0 Å². The maximum atomic E-state index is 14.3. The van der Waals surface area contributed by atoms with Crippen molar-refractivity contribution in [3.05, 3.63) is 0 Å². The second-order valence-electron chi connectivity index (χ2n) is 17.9. The van der Waals surface area contributed by atoms with Gasteiger partial charge in [-0.15, -0.1) is 0 Å². The van der Waals surface area contributed by atoms with Crippen LogP contribution >= 0.6 is 0 Å². The molecule has 0 radical (unpaired) electrons. The highest BCUT2D eigenvalue weighted by Crippen LogP contribution is 2.27. The van der Waals surface area contributed by atoms with Gasteiger partial charge < -0.3 is 68.9 Å². The maximum absolute atomic E-state index is 14.3. The Kier molecular flexibility index (Phi) is 19.6. The molecular formula is C42H72N14O9. The van der Waals surface area contributed by atoms with Crippen molar-refractivity contribution >= 4 is 59.2 Å². The van der Waals surface area contributed by atoms with Crippen LogP contribution in [0.25, 0.3) is 0 Å². The number of nitrogens with zero attached hydrogens (tertiary/aromatic N) is 6. The summed E-state index contributed by atoms with van der Waals surface area (Å²) in [6.45, 7) is 8.67. The van der Waals surface area contributed by atoms with Crippen molar-refractivity contribution in [3.8, 4) is 0 Å². The second kappa shape index (κ2) is 24.5. The first kappa shape index (κ1) is 51.9. The number of hydrogen-bond donors (Lipinski definition) is 9. The number of carboxylic acids is 1. The third kappa shape index (κ3) is 14.4. The first-order valence-corrected chi connectivity index (χ1v) is 23.0. The Balaban J connectivity index is 1.42. The summed E-state index contributed by atoms with van der Waals surface area (Å²) >= 11 is 0. The number of guanidine groups is 2. The quantitative estimate of drug-likeness (QED) is 0.0302. The fourth-order valence-electron chi connectivity index (χ4n) is 8.98. The van der Waals surface area contributed by atoms with Crippen molar-refractivity contribution in [1.82, 2.24) is 40.9 Å². The third-order valence-electron chi connectivity index (χ3n) is 12.5. The van der Waals surface area contributed by atoms with Crippen LogP contribution in [0.1, 0.15) is 105 Å². The number of amides is 7. The van der Waals surface area contributed by atoms with E-state index in [0.29, 0.717) is 45.2 Å². The number of nitrogens with two attached hydrogens (primary N) is 4. The van der Waals surface area contributed by atoms with Crippen LogP contribution in [0.3, 0.4) is 0 Å². The summed E-state index contributed by atoms with van der Waals surface area (Å²) in [7, 11) is 0. The van der Waals surface area contributed by atoms with Crippen LogP contribution in [0.4, 0.5) is 0 Å². The van der Waals surface area contributed by atoms with E-state index in [1.54, 1.807) is 32.6 Å². The fourth-order valence-corrected chi connectivity index (χ4v) is 8.98. The predicted octanol–water partition coefficient (Wildman–Crippen LogP) is -2.75. The zero-order valence-electron chi connectivity index (χ0n) is 38.3. The molecule has 0 aromatic carbocycles. The van der Waals surface area contributed by atoms with Crippen molar-refractivity contribution in [2.75, 3.05) is 45.8 Å². The van der Waals surface area contributed by atoms with Crippen molar-refractivity contribution < 1.29 is 43.5 Å². The van der Waals surface area contributed by atoms with Crippen LogP contribution in [0, 0.1) is 5.92 Å². The highest BCUT2D eigenvalue weighted by Gasteiger charge is 2.45. The fraction of sp³-hybridized carbons (Fsp3) is 0.762. The monoisotopic (exact) mass is 917 g/mol. The number of carbonyl (C=O) groups is 8. The largest absolute Gasteiger partial charge is 0.480 e. The zero-order valence-corrected chi connectivity index (χ0v) is 38.3. The van der Waals surface area contributed by atoms with Crippen LogP contribution in [-0.4, -0.2) is 178 Å². The van der Waals surface area contributed by atoms with Gasteiger partial charge in [0, 0.05) is 38.8 Å². The number of carboxylic acid groups (broad SMARTS) is 1. The maximum Gasteiger partial charge on any atom is 0.326 e. The molecule has 0 unspecified atom stereocenters. The Morgan fingerprint density at radius 2 is 1.20 bits per heavy atom. The standard InChI is InChI=1S/C42H72N14O9/c1-24(2)33(52-36(60)30-15-9-21-54(30)38(62)31-16-10-22-55(31)37(61)27-12-6-17-47-27)39(63)56(25(3)4)23-32(57)53-20-8-14-29(53)35(59)50-26(11-5-18-48-41(43)44)34(58)51-28(40(64)65)13-7-19-49-42(45)46/h24-31,33,47H,5-23H2,1-4H3,(H,50,59)(H,51,58)(H,52,60)(H,64,65)(H4,43,44,48)(H4,45,46,49)/t26-,27-,28-,29-,30-,31-,33-/m0/s1. The first-order valence-electron chi connectivity index (χ1n) is 23.0. The van der Waals surface area contributed by atoms with Gasteiger partial charge in [-0.1, -0.05) is 13.8 Å². The van der Waals surface area contributed by atoms with Crippen molar-refractivity contribution in [2.45, 2.75) is 153 Å². The summed E-state index contributed by atoms with van der Waals surface area (Å²) in [4.78, 5) is 123. The molecule has 0 aromatic heterocycles. The molecule has 364 valence electrons. The van der Waals surface area contributed by atoms with E-state index in [0.717, 1.165) is 19.4 Å². The number of aliphatic carboxylic acids is 1. The smallest absolute Gasteiger partial charge is 0.326 e. The molecule has 0 spiro atoms. The normalized spacial score (nSPS) is 22.0. The van der Waals surface area contributed by atoms with Crippen molar-refractivity contribution in [3.63, 3.8) is 0 Å². The summed E-state index contributed by atoms with van der Waals surface area (Å²) in [5.74, 6) is -5.28. The lowest BCUT2D eigenvalue weighted by Gasteiger charge is -2.35. The van der Waals surface area contributed by atoms with E-state index in [1.807, 2.05) is 0 Å². The van der Waals surface area contributed by atoms with Gasteiger partial charge in [0.1, 0.15) is 42.8 Å². The van der Waals surface area contributed by atoms with Crippen molar-refractivity contribution in [1.29, 1.82) is 0 Å². The summed E-state index contributed by atoms with van der Waals surface area (Å²) in [6.07, 6.45) is 5.06. The molecule has 4 aliphatic rings. The molecule has 23 heteroatoms. The van der Waals surface area contributed by atoms with Crippen LogP contribution in [0.2, 0.25) is 0 Å². The Bertz CT molecular complexity index is 1780. The molecule has 7 amide bonds. The molecule has 4 aliphatic heterocycles.